The monoisotopic (exact) mass is 299 g/mol. The number of para-hydroxylation sites is 1. The van der Waals surface area contributed by atoms with E-state index in [-0.39, 0.29) is 17.9 Å². The van der Waals surface area contributed by atoms with Crippen LogP contribution in [-0.2, 0) is 4.79 Å². The third-order valence-corrected chi connectivity index (χ3v) is 4.16. The van der Waals surface area contributed by atoms with E-state index in [1.807, 2.05) is 49.2 Å². The van der Waals surface area contributed by atoms with Crippen molar-refractivity contribution in [3.05, 3.63) is 36.3 Å². The number of carbonyl (C=O) groups excluding carboxylic acids is 1. The highest BCUT2D eigenvalue weighted by molar-refractivity contribution is 5.80. The molecule has 1 amide bonds. The molecule has 3 rings (SSSR count). The molecule has 5 nitrogen and oxygen atoms in total. The van der Waals surface area contributed by atoms with Gasteiger partial charge in [-0.05, 0) is 26.0 Å². The van der Waals surface area contributed by atoms with Crippen LogP contribution >= 0.6 is 0 Å². The van der Waals surface area contributed by atoms with Crippen molar-refractivity contribution in [2.45, 2.75) is 32.2 Å². The highest BCUT2D eigenvalue weighted by Crippen LogP contribution is 2.32. The molecule has 1 saturated heterocycles. The number of imidazole rings is 1. The summed E-state index contributed by atoms with van der Waals surface area (Å²) < 4.78 is 5.39. The molecule has 1 atom stereocenters. The SMILES string of the molecule is COc1ccccc1-c1cnc([C@H]2CC(=O)N(C(C)C)C2)[nH]1. The van der Waals surface area contributed by atoms with Gasteiger partial charge >= 0.3 is 0 Å². The Labute approximate surface area is 130 Å². The molecule has 116 valence electrons. The molecule has 1 aromatic carbocycles. The maximum absolute atomic E-state index is 12.0. The van der Waals surface area contributed by atoms with Gasteiger partial charge < -0.3 is 14.6 Å². The van der Waals surface area contributed by atoms with E-state index in [2.05, 4.69) is 9.97 Å². The van der Waals surface area contributed by atoms with Crippen molar-refractivity contribution in [1.29, 1.82) is 0 Å². The second kappa shape index (κ2) is 5.83. The second-order valence-electron chi connectivity index (χ2n) is 5.92. The minimum absolute atomic E-state index is 0.137. The molecule has 0 unspecified atom stereocenters. The van der Waals surface area contributed by atoms with Gasteiger partial charge in [0.05, 0.1) is 19.0 Å². The third-order valence-electron chi connectivity index (χ3n) is 4.16. The van der Waals surface area contributed by atoms with Crippen molar-refractivity contribution < 1.29 is 9.53 Å². The quantitative estimate of drug-likeness (QED) is 0.944. The van der Waals surface area contributed by atoms with Gasteiger partial charge in [-0.2, -0.15) is 0 Å². The van der Waals surface area contributed by atoms with Gasteiger partial charge in [0, 0.05) is 30.5 Å². The Bertz CT molecular complexity index is 678. The number of benzene rings is 1. The predicted molar refractivity (Wildman–Crippen MR) is 84.8 cm³/mol. The van der Waals surface area contributed by atoms with Crippen LogP contribution < -0.4 is 4.74 Å². The number of likely N-dealkylation sites (tertiary alicyclic amines) is 1. The van der Waals surface area contributed by atoms with Crippen LogP contribution in [0.2, 0.25) is 0 Å². The summed E-state index contributed by atoms with van der Waals surface area (Å²) in [5.74, 6) is 2.02. The molecule has 2 heterocycles. The van der Waals surface area contributed by atoms with E-state index in [1.54, 1.807) is 7.11 Å². The molecular formula is C17H21N3O2. The summed E-state index contributed by atoms with van der Waals surface area (Å²) in [6, 6.07) is 8.07. The minimum atomic E-state index is 0.137. The topological polar surface area (TPSA) is 58.2 Å². The van der Waals surface area contributed by atoms with E-state index in [1.165, 1.54) is 0 Å². The number of carbonyl (C=O) groups is 1. The number of amides is 1. The van der Waals surface area contributed by atoms with Gasteiger partial charge in [0.15, 0.2) is 0 Å². The van der Waals surface area contributed by atoms with E-state index < -0.39 is 0 Å². The van der Waals surface area contributed by atoms with Crippen molar-refractivity contribution in [2.75, 3.05) is 13.7 Å². The second-order valence-corrected chi connectivity index (χ2v) is 5.92. The smallest absolute Gasteiger partial charge is 0.223 e. The van der Waals surface area contributed by atoms with E-state index in [0.29, 0.717) is 6.42 Å². The molecule has 22 heavy (non-hydrogen) atoms. The van der Waals surface area contributed by atoms with Crippen LogP contribution in [0.5, 0.6) is 5.75 Å². The zero-order valence-corrected chi connectivity index (χ0v) is 13.2. The summed E-state index contributed by atoms with van der Waals surface area (Å²) in [7, 11) is 1.66. The van der Waals surface area contributed by atoms with Crippen molar-refractivity contribution in [2.24, 2.45) is 0 Å². The van der Waals surface area contributed by atoms with Gasteiger partial charge in [-0.25, -0.2) is 4.98 Å². The molecule has 1 fully saturated rings. The highest BCUT2D eigenvalue weighted by atomic mass is 16.5. The average molecular weight is 299 g/mol. The van der Waals surface area contributed by atoms with Crippen LogP contribution in [-0.4, -0.2) is 40.5 Å². The molecule has 0 bridgehead atoms. The lowest BCUT2D eigenvalue weighted by Gasteiger charge is -2.20. The van der Waals surface area contributed by atoms with Crippen LogP contribution in [0, 0.1) is 0 Å². The molecule has 0 spiro atoms. The van der Waals surface area contributed by atoms with Gasteiger partial charge in [-0.1, -0.05) is 12.1 Å². The summed E-state index contributed by atoms with van der Waals surface area (Å²) in [6.07, 6.45) is 2.34. The summed E-state index contributed by atoms with van der Waals surface area (Å²) >= 11 is 0. The Kier molecular flexibility index (Phi) is 3.88. The Hall–Kier alpha value is -2.30. The first kappa shape index (κ1) is 14.6. The van der Waals surface area contributed by atoms with Crippen molar-refractivity contribution in [3.63, 3.8) is 0 Å². The largest absolute Gasteiger partial charge is 0.496 e. The van der Waals surface area contributed by atoms with Crippen LogP contribution in [0.15, 0.2) is 30.5 Å². The summed E-state index contributed by atoms with van der Waals surface area (Å²) in [5, 5.41) is 0. The van der Waals surface area contributed by atoms with E-state index in [4.69, 9.17) is 4.74 Å². The zero-order chi connectivity index (χ0) is 15.7. The highest BCUT2D eigenvalue weighted by Gasteiger charge is 2.33. The maximum atomic E-state index is 12.0. The average Bonchev–Trinajstić information content (AvgIpc) is 3.13. The fourth-order valence-corrected chi connectivity index (χ4v) is 2.96. The minimum Gasteiger partial charge on any atom is -0.496 e. The zero-order valence-electron chi connectivity index (χ0n) is 13.2. The number of methoxy groups -OCH3 is 1. The van der Waals surface area contributed by atoms with E-state index >= 15 is 0 Å². The van der Waals surface area contributed by atoms with E-state index in [0.717, 1.165) is 29.4 Å². The number of hydrogen-bond acceptors (Lipinski definition) is 3. The number of hydrogen-bond donors (Lipinski definition) is 1. The molecule has 1 aliphatic rings. The van der Waals surface area contributed by atoms with Crippen LogP contribution in [0.4, 0.5) is 0 Å². The molecule has 0 aliphatic carbocycles. The first-order chi connectivity index (χ1) is 10.6. The molecule has 1 N–H and O–H groups in total. The molecule has 2 aromatic rings. The number of H-pyrrole nitrogens is 1. The molecule has 0 radical (unpaired) electrons. The van der Waals surface area contributed by atoms with Gasteiger partial charge in [0.25, 0.3) is 0 Å². The summed E-state index contributed by atoms with van der Waals surface area (Å²) in [6.45, 7) is 4.82. The number of ether oxygens (including phenoxy) is 1. The molecule has 0 saturated carbocycles. The van der Waals surface area contributed by atoms with E-state index in [9.17, 15) is 4.79 Å². The Morgan fingerprint density at radius 3 is 2.82 bits per heavy atom. The molecular weight excluding hydrogens is 278 g/mol. The number of nitrogens with zero attached hydrogens (tertiary/aromatic N) is 2. The molecule has 1 aromatic heterocycles. The molecule has 5 heteroatoms. The fraction of sp³-hybridized carbons (Fsp3) is 0.412. The number of rotatable bonds is 4. The fourth-order valence-electron chi connectivity index (χ4n) is 2.96. The Balaban J connectivity index is 1.84. The number of nitrogens with one attached hydrogen (secondary N) is 1. The Morgan fingerprint density at radius 1 is 1.36 bits per heavy atom. The first-order valence-corrected chi connectivity index (χ1v) is 7.58. The summed E-state index contributed by atoms with van der Waals surface area (Å²) in [5.41, 5.74) is 1.90. The summed E-state index contributed by atoms with van der Waals surface area (Å²) in [4.78, 5) is 21.8. The molecule has 1 aliphatic heterocycles. The van der Waals surface area contributed by atoms with Gasteiger partial charge in [0.1, 0.15) is 11.6 Å². The lowest BCUT2D eigenvalue weighted by atomic mass is 10.1. The lowest BCUT2D eigenvalue weighted by molar-refractivity contribution is -0.129. The first-order valence-electron chi connectivity index (χ1n) is 7.58. The van der Waals surface area contributed by atoms with Crippen LogP contribution in [0.25, 0.3) is 11.3 Å². The maximum Gasteiger partial charge on any atom is 0.223 e. The number of aromatic amines is 1. The van der Waals surface area contributed by atoms with Gasteiger partial charge in [-0.3, -0.25) is 4.79 Å². The number of aromatic nitrogens is 2. The van der Waals surface area contributed by atoms with Crippen molar-refractivity contribution in [1.82, 2.24) is 14.9 Å². The lowest BCUT2D eigenvalue weighted by Crippen LogP contribution is -2.31. The third kappa shape index (κ3) is 2.58. The standard InChI is InChI=1S/C17H21N3O2/c1-11(2)20-10-12(8-16(20)21)17-18-9-14(19-17)13-6-4-5-7-15(13)22-3/h4-7,9,11-12H,8,10H2,1-3H3,(H,18,19)/t12-/m0/s1. The predicted octanol–water partition coefficient (Wildman–Crippen LogP) is 2.81. The van der Waals surface area contributed by atoms with Crippen molar-refractivity contribution >= 4 is 5.91 Å². The van der Waals surface area contributed by atoms with Gasteiger partial charge in [-0.15, -0.1) is 0 Å². The van der Waals surface area contributed by atoms with Crippen LogP contribution in [0.1, 0.15) is 32.0 Å². The normalized spacial score (nSPS) is 18.3. The van der Waals surface area contributed by atoms with Crippen molar-refractivity contribution in [3.8, 4) is 17.0 Å². The van der Waals surface area contributed by atoms with Crippen LogP contribution in [0.3, 0.4) is 0 Å². The Morgan fingerprint density at radius 2 is 2.14 bits per heavy atom. The van der Waals surface area contributed by atoms with Gasteiger partial charge in [0.2, 0.25) is 5.91 Å².